The summed E-state index contributed by atoms with van der Waals surface area (Å²) in [6, 6.07) is 0. The molecule has 0 aromatic carbocycles. The molecule has 0 fully saturated rings. The van der Waals surface area contributed by atoms with E-state index in [1.54, 1.807) is 7.11 Å². The van der Waals surface area contributed by atoms with E-state index in [0.717, 1.165) is 12.8 Å². The van der Waals surface area contributed by atoms with Crippen LogP contribution in [-0.2, 0) is 9.53 Å². The van der Waals surface area contributed by atoms with Crippen molar-refractivity contribution in [1.29, 1.82) is 0 Å². The Kier molecular flexibility index (Phi) is 3.50. The molecule has 3 atom stereocenters. The molecule has 0 amide bonds. The van der Waals surface area contributed by atoms with Crippen LogP contribution in [0.4, 0.5) is 0 Å². The molecular formula is C16H24O2. The van der Waals surface area contributed by atoms with Crippen molar-refractivity contribution in [2.24, 2.45) is 17.8 Å². The number of rotatable bonds is 2. The van der Waals surface area contributed by atoms with Crippen LogP contribution in [0.25, 0.3) is 0 Å². The molecule has 2 rings (SSSR count). The number of fused-ring (bicyclic) bond motifs is 1. The second-order valence-electron chi connectivity index (χ2n) is 6.24. The van der Waals surface area contributed by atoms with E-state index in [0.29, 0.717) is 17.8 Å². The predicted molar refractivity (Wildman–Crippen MR) is 73.3 cm³/mol. The second kappa shape index (κ2) is 4.65. The molecule has 2 aliphatic carbocycles. The van der Waals surface area contributed by atoms with E-state index in [2.05, 4.69) is 26.8 Å². The maximum Gasteiger partial charge on any atom is 0.187 e. The topological polar surface area (TPSA) is 26.3 Å². The van der Waals surface area contributed by atoms with E-state index in [1.165, 1.54) is 11.1 Å². The van der Waals surface area contributed by atoms with Gasteiger partial charge in [-0.05, 0) is 56.1 Å². The van der Waals surface area contributed by atoms with Crippen molar-refractivity contribution in [3.05, 3.63) is 23.3 Å². The molecule has 0 N–H and O–H groups in total. The molecular weight excluding hydrogens is 224 g/mol. The zero-order valence-corrected chi connectivity index (χ0v) is 12.1. The molecule has 0 saturated carbocycles. The Morgan fingerprint density at radius 3 is 2.67 bits per heavy atom. The van der Waals surface area contributed by atoms with Gasteiger partial charge in [-0.3, -0.25) is 4.79 Å². The van der Waals surface area contributed by atoms with Gasteiger partial charge in [-0.15, -0.1) is 0 Å². The molecule has 2 heteroatoms. The Bertz CT molecular complexity index is 417. The Morgan fingerprint density at radius 1 is 1.44 bits per heavy atom. The largest absolute Gasteiger partial charge is 0.370 e. The summed E-state index contributed by atoms with van der Waals surface area (Å²) < 4.78 is 5.49. The minimum Gasteiger partial charge on any atom is -0.370 e. The maximum atomic E-state index is 12.2. The van der Waals surface area contributed by atoms with E-state index < -0.39 is 5.60 Å². The maximum absolute atomic E-state index is 12.2. The second-order valence-corrected chi connectivity index (χ2v) is 6.24. The Morgan fingerprint density at radius 2 is 2.11 bits per heavy atom. The number of ketones is 1. The van der Waals surface area contributed by atoms with Crippen molar-refractivity contribution in [2.75, 3.05) is 7.11 Å². The summed E-state index contributed by atoms with van der Waals surface area (Å²) in [4.78, 5) is 12.2. The van der Waals surface area contributed by atoms with Gasteiger partial charge in [0.1, 0.15) is 5.60 Å². The van der Waals surface area contributed by atoms with Gasteiger partial charge in [-0.25, -0.2) is 0 Å². The third-order valence-corrected chi connectivity index (χ3v) is 4.79. The Hall–Kier alpha value is -0.890. The molecule has 100 valence electrons. The van der Waals surface area contributed by atoms with E-state index in [1.807, 2.05) is 13.0 Å². The minimum atomic E-state index is -0.626. The number of carbonyl (C=O) groups excluding carboxylic acids is 1. The van der Waals surface area contributed by atoms with Crippen molar-refractivity contribution in [2.45, 2.75) is 46.1 Å². The van der Waals surface area contributed by atoms with Crippen LogP contribution in [0.5, 0.6) is 0 Å². The fourth-order valence-corrected chi connectivity index (χ4v) is 3.34. The summed E-state index contributed by atoms with van der Waals surface area (Å²) in [5, 5.41) is 0. The summed E-state index contributed by atoms with van der Waals surface area (Å²) >= 11 is 0. The third-order valence-electron chi connectivity index (χ3n) is 4.79. The van der Waals surface area contributed by atoms with Gasteiger partial charge in [0, 0.05) is 7.11 Å². The zero-order valence-electron chi connectivity index (χ0n) is 12.1. The third kappa shape index (κ3) is 2.07. The number of allylic oxidation sites excluding steroid dienone is 3. The SMILES string of the molecule is COC1(C)CC2C(=CC1=O)C(C)=CCC2C(C)C. The van der Waals surface area contributed by atoms with Crippen molar-refractivity contribution in [3.63, 3.8) is 0 Å². The summed E-state index contributed by atoms with van der Waals surface area (Å²) in [6.07, 6.45) is 6.06. The van der Waals surface area contributed by atoms with Crippen LogP contribution in [0.2, 0.25) is 0 Å². The average molecular weight is 248 g/mol. The van der Waals surface area contributed by atoms with Gasteiger partial charge < -0.3 is 4.74 Å². The lowest BCUT2D eigenvalue weighted by atomic mass is 9.64. The predicted octanol–water partition coefficient (Wildman–Crippen LogP) is 3.53. The van der Waals surface area contributed by atoms with Crippen LogP contribution >= 0.6 is 0 Å². The van der Waals surface area contributed by atoms with Crippen LogP contribution in [0.15, 0.2) is 23.3 Å². The van der Waals surface area contributed by atoms with Crippen molar-refractivity contribution in [3.8, 4) is 0 Å². The molecule has 0 aromatic heterocycles. The quantitative estimate of drug-likeness (QED) is 0.747. The Labute approximate surface area is 110 Å². The number of hydrogen-bond acceptors (Lipinski definition) is 2. The lowest BCUT2D eigenvalue weighted by Gasteiger charge is -2.43. The highest BCUT2D eigenvalue weighted by Crippen LogP contribution is 2.46. The van der Waals surface area contributed by atoms with E-state index in [-0.39, 0.29) is 5.78 Å². The van der Waals surface area contributed by atoms with Gasteiger partial charge in [0.05, 0.1) is 0 Å². The van der Waals surface area contributed by atoms with Gasteiger partial charge >= 0.3 is 0 Å². The van der Waals surface area contributed by atoms with Crippen molar-refractivity contribution >= 4 is 5.78 Å². The highest BCUT2D eigenvalue weighted by Gasteiger charge is 2.44. The van der Waals surface area contributed by atoms with Crippen molar-refractivity contribution < 1.29 is 9.53 Å². The van der Waals surface area contributed by atoms with Crippen LogP contribution in [0.1, 0.15) is 40.5 Å². The van der Waals surface area contributed by atoms with Crippen LogP contribution < -0.4 is 0 Å². The molecule has 0 bridgehead atoms. The number of ether oxygens (including phenoxy) is 1. The molecule has 0 saturated heterocycles. The lowest BCUT2D eigenvalue weighted by molar-refractivity contribution is -0.137. The molecule has 0 aromatic rings. The fourth-order valence-electron chi connectivity index (χ4n) is 3.34. The first-order chi connectivity index (χ1) is 8.39. The molecule has 0 radical (unpaired) electrons. The monoisotopic (exact) mass is 248 g/mol. The summed E-state index contributed by atoms with van der Waals surface area (Å²) in [5.41, 5.74) is 1.90. The first-order valence-electron chi connectivity index (χ1n) is 6.87. The van der Waals surface area contributed by atoms with Crippen molar-refractivity contribution in [1.82, 2.24) is 0 Å². The minimum absolute atomic E-state index is 0.119. The van der Waals surface area contributed by atoms with E-state index in [4.69, 9.17) is 4.74 Å². The molecule has 0 spiro atoms. The molecule has 0 heterocycles. The van der Waals surface area contributed by atoms with Crippen LogP contribution in [-0.4, -0.2) is 18.5 Å². The molecule has 3 unspecified atom stereocenters. The first-order valence-corrected chi connectivity index (χ1v) is 6.87. The van der Waals surface area contributed by atoms with E-state index >= 15 is 0 Å². The number of methoxy groups -OCH3 is 1. The molecule has 18 heavy (non-hydrogen) atoms. The average Bonchev–Trinajstić information content (AvgIpc) is 2.32. The summed E-state index contributed by atoms with van der Waals surface area (Å²) in [7, 11) is 1.65. The fraction of sp³-hybridized carbons (Fsp3) is 0.688. The highest BCUT2D eigenvalue weighted by molar-refractivity contribution is 5.99. The smallest absolute Gasteiger partial charge is 0.187 e. The Balaban J connectivity index is 2.42. The summed E-state index contributed by atoms with van der Waals surface area (Å²) in [5.74, 6) is 1.85. The van der Waals surface area contributed by atoms with Crippen LogP contribution in [0.3, 0.4) is 0 Å². The normalized spacial score (nSPS) is 36.2. The molecule has 2 aliphatic rings. The number of hydrogen-bond donors (Lipinski definition) is 0. The number of carbonyl (C=O) groups is 1. The van der Waals surface area contributed by atoms with Gasteiger partial charge in [-0.1, -0.05) is 25.5 Å². The van der Waals surface area contributed by atoms with Gasteiger partial charge in [0.15, 0.2) is 5.78 Å². The molecule has 2 nitrogen and oxygen atoms in total. The van der Waals surface area contributed by atoms with Gasteiger partial charge in [-0.2, -0.15) is 0 Å². The van der Waals surface area contributed by atoms with Crippen LogP contribution in [0, 0.1) is 17.8 Å². The van der Waals surface area contributed by atoms with Gasteiger partial charge in [0.25, 0.3) is 0 Å². The standard InChI is InChI=1S/C16H24O2/c1-10(2)12-7-6-11(3)13-8-15(17)16(4,18-5)9-14(12)13/h6,8,10,12,14H,7,9H2,1-5H3. The lowest BCUT2D eigenvalue weighted by Crippen LogP contribution is -2.45. The van der Waals surface area contributed by atoms with E-state index in [9.17, 15) is 4.79 Å². The highest BCUT2D eigenvalue weighted by atomic mass is 16.5. The summed E-state index contributed by atoms with van der Waals surface area (Å²) in [6.45, 7) is 8.60. The zero-order chi connectivity index (χ0) is 13.5. The first kappa shape index (κ1) is 13.5. The van der Waals surface area contributed by atoms with Gasteiger partial charge in [0.2, 0.25) is 0 Å². The molecule has 0 aliphatic heterocycles.